The number of nitrogens with one attached hydrogen (secondary N) is 3. The van der Waals surface area contributed by atoms with Crippen molar-refractivity contribution in [3.63, 3.8) is 0 Å². The van der Waals surface area contributed by atoms with E-state index in [-0.39, 0.29) is 5.91 Å². The number of imide groups is 1. The van der Waals surface area contributed by atoms with Gasteiger partial charge in [0.1, 0.15) is 5.54 Å². The van der Waals surface area contributed by atoms with Crippen LogP contribution >= 0.6 is 0 Å². The minimum Gasteiger partial charge on any atom is -0.352 e. The van der Waals surface area contributed by atoms with Crippen LogP contribution in [0.1, 0.15) is 29.3 Å². The summed E-state index contributed by atoms with van der Waals surface area (Å²) in [6.45, 7) is 2.66. The average molecular weight is 290 g/mol. The van der Waals surface area contributed by atoms with Crippen molar-refractivity contribution in [3.05, 3.63) is 35.4 Å². The summed E-state index contributed by atoms with van der Waals surface area (Å²) < 4.78 is 0. The van der Waals surface area contributed by atoms with Gasteiger partial charge in [0.15, 0.2) is 0 Å². The summed E-state index contributed by atoms with van der Waals surface area (Å²) in [6.07, 6.45) is 0.716. The van der Waals surface area contributed by atoms with Crippen LogP contribution < -0.4 is 21.7 Å². The zero-order chi connectivity index (χ0) is 15.5. The molecule has 0 radical (unpaired) electrons. The predicted molar refractivity (Wildman–Crippen MR) is 76.5 cm³/mol. The number of benzene rings is 1. The molecule has 7 nitrogen and oxygen atoms in total. The summed E-state index contributed by atoms with van der Waals surface area (Å²) in [4.78, 5) is 34.9. The lowest BCUT2D eigenvalue weighted by Gasteiger charge is -2.21. The molecule has 0 aliphatic carbocycles. The van der Waals surface area contributed by atoms with Gasteiger partial charge in [-0.2, -0.15) is 0 Å². The summed E-state index contributed by atoms with van der Waals surface area (Å²) in [5.41, 5.74) is 5.36. The molecule has 1 unspecified atom stereocenters. The lowest BCUT2D eigenvalue weighted by molar-refractivity contribution is -0.123. The quantitative estimate of drug-likeness (QED) is 0.445. The van der Waals surface area contributed by atoms with Gasteiger partial charge in [0.25, 0.3) is 11.8 Å². The monoisotopic (exact) mass is 290 g/mol. The smallest absolute Gasteiger partial charge is 0.322 e. The van der Waals surface area contributed by atoms with Gasteiger partial charge in [-0.1, -0.05) is 12.1 Å². The Balaban J connectivity index is 2.10. The van der Waals surface area contributed by atoms with Gasteiger partial charge in [0.2, 0.25) is 0 Å². The van der Waals surface area contributed by atoms with Crippen LogP contribution in [0.5, 0.6) is 0 Å². The maximum Gasteiger partial charge on any atom is 0.322 e. The number of rotatable bonds is 5. The molecule has 2 rings (SSSR count). The number of hydrogen-bond acceptors (Lipinski definition) is 4. The van der Waals surface area contributed by atoms with Gasteiger partial charge < -0.3 is 16.4 Å². The fraction of sp³-hybridized carbons (Fsp3) is 0.357. The van der Waals surface area contributed by atoms with Crippen LogP contribution in [0.2, 0.25) is 0 Å². The summed E-state index contributed by atoms with van der Waals surface area (Å²) in [5.74, 6) is -0.604. The lowest BCUT2D eigenvalue weighted by Crippen LogP contribution is -2.40. The molecule has 0 spiro atoms. The molecule has 5 N–H and O–H groups in total. The molecule has 1 saturated heterocycles. The van der Waals surface area contributed by atoms with E-state index in [0.717, 1.165) is 0 Å². The number of carbonyl (C=O) groups is 3. The molecule has 1 aliphatic heterocycles. The van der Waals surface area contributed by atoms with Crippen molar-refractivity contribution >= 4 is 17.8 Å². The average Bonchev–Trinajstić information content (AvgIpc) is 2.73. The van der Waals surface area contributed by atoms with Crippen LogP contribution in [0.25, 0.3) is 0 Å². The summed E-state index contributed by atoms with van der Waals surface area (Å²) in [5, 5.41) is 7.52. The van der Waals surface area contributed by atoms with Crippen LogP contribution in [0.3, 0.4) is 0 Å². The van der Waals surface area contributed by atoms with Crippen molar-refractivity contribution in [2.75, 3.05) is 13.1 Å². The number of nitrogens with two attached hydrogens (primary N) is 1. The Morgan fingerprint density at radius 1 is 1.29 bits per heavy atom. The van der Waals surface area contributed by atoms with Crippen molar-refractivity contribution in [3.8, 4) is 0 Å². The van der Waals surface area contributed by atoms with Gasteiger partial charge in [0.05, 0.1) is 0 Å². The molecule has 1 aromatic carbocycles. The third-order valence-corrected chi connectivity index (χ3v) is 3.44. The highest BCUT2D eigenvalue weighted by Crippen LogP contribution is 2.24. The van der Waals surface area contributed by atoms with Crippen LogP contribution in [-0.4, -0.2) is 30.9 Å². The van der Waals surface area contributed by atoms with E-state index in [9.17, 15) is 14.4 Å². The number of carbonyl (C=O) groups excluding carboxylic acids is 3. The lowest BCUT2D eigenvalue weighted by atomic mass is 9.91. The highest BCUT2D eigenvalue weighted by Gasteiger charge is 2.43. The molecule has 1 aliphatic rings. The third kappa shape index (κ3) is 3.03. The fourth-order valence-electron chi connectivity index (χ4n) is 2.11. The van der Waals surface area contributed by atoms with Gasteiger partial charge in [-0.05, 0) is 37.6 Å². The Bertz CT molecular complexity index is 570. The summed E-state index contributed by atoms with van der Waals surface area (Å²) in [6, 6.07) is 6.03. The normalized spacial score (nSPS) is 20.9. The molecular weight excluding hydrogens is 272 g/mol. The van der Waals surface area contributed by atoms with E-state index in [1.807, 2.05) is 0 Å². The first-order valence-corrected chi connectivity index (χ1v) is 6.70. The molecule has 1 atom stereocenters. The van der Waals surface area contributed by atoms with E-state index in [4.69, 9.17) is 5.73 Å². The van der Waals surface area contributed by atoms with E-state index in [0.29, 0.717) is 30.6 Å². The molecule has 112 valence electrons. The molecular formula is C14H18N4O3. The van der Waals surface area contributed by atoms with Crippen molar-refractivity contribution in [1.29, 1.82) is 0 Å². The van der Waals surface area contributed by atoms with Crippen LogP contribution in [-0.2, 0) is 10.3 Å². The SMILES string of the molecule is CC1(c2ccc(C(=O)NCCCN)cc2)NC(=O)NC1=O. The van der Waals surface area contributed by atoms with Crippen molar-refractivity contribution < 1.29 is 14.4 Å². The van der Waals surface area contributed by atoms with Gasteiger partial charge >= 0.3 is 6.03 Å². The van der Waals surface area contributed by atoms with Crippen molar-refractivity contribution in [2.45, 2.75) is 18.9 Å². The Morgan fingerprint density at radius 3 is 2.48 bits per heavy atom. The maximum absolute atomic E-state index is 11.8. The van der Waals surface area contributed by atoms with Crippen molar-refractivity contribution in [1.82, 2.24) is 16.0 Å². The summed E-state index contributed by atoms with van der Waals surface area (Å²) >= 11 is 0. The van der Waals surface area contributed by atoms with E-state index in [1.165, 1.54) is 0 Å². The minimum atomic E-state index is -1.11. The van der Waals surface area contributed by atoms with E-state index < -0.39 is 17.5 Å². The van der Waals surface area contributed by atoms with Crippen molar-refractivity contribution in [2.24, 2.45) is 5.73 Å². The number of amides is 4. The second-order valence-corrected chi connectivity index (χ2v) is 5.01. The zero-order valence-corrected chi connectivity index (χ0v) is 11.7. The standard InChI is InChI=1S/C14H18N4O3/c1-14(12(20)17-13(21)18-14)10-5-3-9(4-6-10)11(19)16-8-2-7-15/h3-6H,2,7-8,15H2,1H3,(H,16,19)(H2,17,18,20,21). The number of hydrogen-bond donors (Lipinski definition) is 4. The van der Waals surface area contributed by atoms with Crippen LogP contribution in [0, 0.1) is 0 Å². The summed E-state index contributed by atoms with van der Waals surface area (Å²) in [7, 11) is 0. The first-order chi connectivity index (χ1) is 9.97. The maximum atomic E-state index is 11.8. The third-order valence-electron chi connectivity index (χ3n) is 3.44. The molecule has 1 aromatic rings. The van der Waals surface area contributed by atoms with E-state index >= 15 is 0 Å². The predicted octanol–water partition coefficient (Wildman–Crippen LogP) is -0.180. The highest BCUT2D eigenvalue weighted by molar-refractivity contribution is 6.07. The zero-order valence-electron chi connectivity index (χ0n) is 11.7. The number of urea groups is 1. The molecule has 4 amide bonds. The second-order valence-electron chi connectivity index (χ2n) is 5.01. The van der Waals surface area contributed by atoms with E-state index in [2.05, 4.69) is 16.0 Å². The first kappa shape index (κ1) is 15.0. The van der Waals surface area contributed by atoms with Crippen LogP contribution in [0.15, 0.2) is 24.3 Å². The van der Waals surface area contributed by atoms with Gasteiger partial charge in [0, 0.05) is 12.1 Å². The Kier molecular flexibility index (Phi) is 4.23. The molecule has 1 fully saturated rings. The van der Waals surface area contributed by atoms with Gasteiger partial charge in [-0.15, -0.1) is 0 Å². The highest BCUT2D eigenvalue weighted by atomic mass is 16.2. The Hall–Kier alpha value is -2.41. The molecule has 0 bridgehead atoms. The van der Waals surface area contributed by atoms with E-state index in [1.54, 1.807) is 31.2 Å². The molecule has 1 heterocycles. The second kappa shape index (κ2) is 5.92. The fourth-order valence-corrected chi connectivity index (χ4v) is 2.11. The first-order valence-electron chi connectivity index (χ1n) is 6.70. The Labute approximate surface area is 122 Å². The molecule has 21 heavy (non-hydrogen) atoms. The largest absolute Gasteiger partial charge is 0.352 e. The molecule has 0 saturated carbocycles. The Morgan fingerprint density at radius 2 is 1.95 bits per heavy atom. The van der Waals surface area contributed by atoms with Gasteiger partial charge in [-0.3, -0.25) is 14.9 Å². The molecule has 0 aromatic heterocycles. The topological polar surface area (TPSA) is 113 Å². The molecule has 7 heteroatoms. The van der Waals surface area contributed by atoms with Crippen LogP contribution in [0.4, 0.5) is 4.79 Å². The minimum absolute atomic E-state index is 0.194. The van der Waals surface area contributed by atoms with Gasteiger partial charge in [-0.25, -0.2) is 4.79 Å².